The van der Waals surface area contributed by atoms with E-state index in [1.54, 1.807) is 7.05 Å². The van der Waals surface area contributed by atoms with Crippen LogP contribution in [0.25, 0.3) is 0 Å². The van der Waals surface area contributed by atoms with Crippen molar-refractivity contribution < 1.29 is 9.47 Å². The minimum Gasteiger partial charge on any atom is -0.378 e. The van der Waals surface area contributed by atoms with Crippen molar-refractivity contribution in [1.82, 2.24) is 10.6 Å². The summed E-state index contributed by atoms with van der Waals surface area (Å²) < 4.78 is 11.3. The van der Waals surface area contributed by atoms with E-state index in [0.717, 1.165) is 45.4 Å². The number of guanidine groups is 1. The molecular formula is C24H34N4O2. The number of rotatable bonds is 9. The fraction of sp³-hybridized carbons (Fsp3) is 0.458. The second kappa shape index (κ2) is 12.2. The van der Waals surface area contributed by atoms with Crippen molar-refractivity contribution in [3.05, 3.63) is 65.7 Å². The average Bonchev–Trinajstić information content (AvgIpc) is 2.81. The molecule has 6 heteroatoms. The molecule has 0 bridgehead atoms. The van der Waals surface area contributed by atoms with Crippen LogP contribution in [0.2, 0.25) is 0 Å². The van der Waals surface area contributed by atoms with Crippen LogP contribution in [0.15, 0.2) is 59.6 Å². The first kappa shape index (κ1) is 22.1. The van der Waals surface area contributed by atoms with Crippen LogP contribution >= 0.6 is 0 Å². The van der Waals surface area contributed by atoms with E-state index in [-0.39, 0.29) is 0 Å². The number of nitrogens with one attached hydrogen (secondary N) is 2. The Morgan fingerprint density at radius 3 is 2.57 bits per heavy atom. The smallest absolute Gasteiger partial charge is 0.191 e. The molecule has 30 heavy (non-hydrogen) atoms. The van der Waals surface area contributed by atoms with Gasteiger partial charge in [0.25, 0.3) is 0 Å². The third-order valence-electron chi connectivity index (χ3n) is 5.15. The van der Waals surface area contributed by atoms with Crippen molar-refractivity contribution >= 4 is 11.6 Å². The number of ether oxygens (including phenoxy) is 2. The van der Waals surface area contributed by atoms with Gasteiger partial charge in [-0.15, -0.1) is 0 Å². The Morgan fingerprint density at radius 2 is 1.80 bits per heavy atom. The molecule has 0 aliphatic carbocycles. The van der Waals surface area contributed by atoms with Crippen LogP contribution in [0.1, 0.15) is 18.1 Å². The van der Waals surface area contributed by atoms with Gasteiger partial charge in [0.2, 0.25) is 0 Å². The maximum atomic E-state index is 5.84. The van der Waals surface area contributed by atoms with Crippen LogP contribution in [0.3, 0.4) is 0 Å². The Labute approximate surface area is 180 Å². The molecule has 1 atom stereocenters. The van der Waals surface area contributed by atoms with Gasteiger partial charge in [0.15, 0.2) is 5.96 Å². The van der Waals surface area contributed by atoms with Gasteiger partial charge in [-0.25, -0.2) is 0 Å². The Balaban J connectivity index is 1.41. The molecule has 1 saturated heterocycles. The van der Waals surface area contributed by atoms with Gasteiger partial charge in [0, 0.05) is 38.9 Å². The van der Waals surface area contributed by atoms with Gasteiger partial charge in [0.1, 0.15) is 0 Å². The van der Waals surface area contributed by atoms with Crippen molar-refractivity contribution in [2.75, 3.05) is 51.4 Å². The molecule has 3 rings (SSSR count). The number of aliphatic imine (C=N–C) groups is 1. The summed E-state index contributed by atoms with van der Waals surface area (Å²) in [6, 6.07) is 18.8. The number of para-hydroxylation sites is 1. The van der Waals surface area contributed by atoms with Crippen LogP contribution in [0.4, 0.5) is 5.69 Å². The first-order valence-corrected chi connectivity index (χ1v) is 10.7. The monoisotopic (exact) mass is 410 g/mol. The molecular weight excluding hydrogens is 376 g/mol. The molecule has 1 fully saturated rings. The highest BCUT2D eigenvalue weighted by Gasteiger charge is 2.14. The lowest BCUT2D eigenvalue weighted by molar-refractivity contribution is 0.0931. The number of nitrogens with zero attached hydrogens (tertiary/aromatic N) is 2. The lowest BCUT2D eigenvalue weighted by Gasteiger charge is -2.30. The predicted molar refractivity (Wildman–Crippen MR) is 123 cm³/mol. The average molecular weight is 411 g/mol. The van der Waals surface area contributed by atoms with E-state index < -0.39 is 0 Å². The van der Waals surface area contributed by atoms with E-state index in [0.29, 0.717) is 19.1 Å². The Morgan fingerprint density at radius 1 is 1.07 bits per heavy atom. The van der Waals surface area contributed by atoms with E-state index >= 15 is 0 Å². The summed E-state index contributed by atoms with van der Waals surface area (Å²) in [5.74, 6) is 1.19. The zero-order chi connectivity index (χ0) is 21.0. The van der Waals surface area contributed by atoms with Crippen LogP contribution in [-0.4, -0.2) is 52.5 Å². The third kappa shape index (κ3) is 7.04. The Bertz CT molecular complexity index is 776. The highest BCUT2D eigenvalue weighted by Crippen LogP contribution is 2.21. The number of morpholine rings is 1. The quantitative estimate of drug-likeness (QED) is 0.492. The molecule has 0 saturated carbocycles. The molecule has 6 nitrogen and oxygen atoms in total. The van der Waals surface area contributed by atoms with Crippen molar-refractivity contribution in [3.8, 4) is 0 Å². The topological polar surface area (TPSA) is 58.1 Å². The molecule has 0 aromatic heterocycles. The first-order chi connectivity index (χ1) is 14.8. The number of hydrogen-bond donors (Lipinski definition) is 2. The minimum atomic E-state index is 0.382. The highest BCUT2D eigenvalue weighted by atomic mass is 16.5. The van der Waals surface area contributed by atoms with Gasteiger partial charge < -0.3 is 25.0 Å². The van der Waals surface area contributed by atoms with Crippen LogP contribution < -0.4 is 15.5 Å². The molecule has 1 aliphatic rings. The molecule has 2 N–H and O–H groups in total. The summed E-state index contributed by atoms with van der Waals surface area (Å²) >= 11 is 0. The molecule has 0 spiro atoms. The van der Waals surface area contributed by atoms with Gasteiger partial charge in [-0.3, -0.25) is 4.99 Å². The summed E-state index contributed by atoms with van der Waals surface area (Å²) in [6.07, 6.45) is 0. The molecule has 1 unspecified atom stereocenters. The van der Waals surface area contributed by atoms with Crippen molar-refractivity contribution in [3.63, 3.8) is 0 Å². The summed E-state index contributed by atoms with van der Waals surface area (Å²) in [4.78, 5) is 6.76. The van der Waals surface area contributed by atoms with E-state index in [1.807, 2.05) is 18.2 Å². The van der Waals surface area contributed by atoms with E-state index in [1.165, 1.54) is 16.8 Å². The largest absolute Gasteiger partial charge is 0.378 e. The Kier molecular flexibility index (Phi) is 9.00. The fourth-order valence-corrected chi connectivity index (χ4v) is 3.45. The third-order valence-corrected chi connectivity index (χ3v) is 5.15. The van der Waals surface area contributed by atoms with Crippen LogP contribution in [0, 0.1) is 5.92 Å². The number of hydrogen-bond acceptors (Lipinski definition) is 4. The van der Waals surface area contributed by atoms with E-state index in [4.69, 9.17) is 9.47 Å². The molecule has 2 aromatic rings. The SMILES string of the molecule is CN=C(NCc1ccccc1N1CCOCC1)NCC(C)COCc1ccccc1. The van der Waals surface area contributed by atoms with Gasteiger partial charge >= 0.3 is 0 Å². The van der Waals surface area contributed by atoms with Gasteiger partial charge in [-0.1, -0.05) is 55.5 Å². The lowest BCUT2D eigenvalue weighted by Crippen LogP contribution is -2.40. The summed E-state index contributed by atoms with van der Waals surface area (Å²) in [7, 11) is 1.81. The predicted octanol–water partition coefficient (Wildman–Crippen LogP) is 3.04. The maximum Gasteiger partial charge on any atom is 0.191 e. The fourth-order valence-electron chi connectivity index (χ4n) is 3.45. The van der Waals surface area contributed by atoms with E-state index in [9.17, 15) is 0 Å². The minimum absolute atomic E-state index is 0.382. The van der Waals surface area contributed by atoms with Gasteiger partial charge in [0.05, 0.1) is 26.4 Å². The lowest BCUT2D eigenvalue weighted by atomic mass is 10.1. The summed E-state index contributed by atoms with van der Waals surface area (Å²) in [5, 5.41) is 6.86. The van der Waals surface area contributed by atoms with Crippen molar-refractivity contribution in [2.24, 2.45) is 10.9 Å². The van der Waals surface area contributed by atoms with Crippen molar-refractivity contribution in [1.29, 1.82) is 0 Å². The van der Waals surface area contributed by atoms with Gasteiger partial charge in [-0.2, -0.15) is 0 Å². The van der Waals surface area contributed by atoms with Gasteiger partial charge in [-0.05, 0) is 23.1 Å². The molecule has 162 valence electrons. The molecule has 1 heterocycles. The molecule has 2 aromatic carbocycles. The second-order valence-corrected chi connectivity index (χ2v) is 7.64. The van der Waals surface area contributed by atoms with E-state index in [2.05, 4.69) is 63.8 Å². The second-order valence-electron chi connectivity index (χ2n) is 7.64. The summed E-state index contributed by atoms with van der Waals surface area (Å²) in [6.45, 7) is 8.51. The molecule has 0 amide bonds. The van der Waals surface area contributed by atoms with Crippen LogP contribution in [-0.2, 0) is 22.6 Å². The molecule has 0 radical (unpaired) electrons. The normalized spacial score (nSPS) is 15.7. The van der Waals surface area contributed by atoms with Crippen molar-refractivity contribution in [2.45, 2.75) is 20.1 Å². The molecule has 1 aliphatic heterocycles. The highest BCUT2D eigenvalue weighted by molar-refractivity contribution is 5.79. The first-order valence-electron chi connectivity index (χ1n) is 10.7. The Hall–Kier alpha value is -2.57. The zero-order valence-corrected chi connectivity index (χ0v) is 18.1. The number of anilines is 1. The maximum absolute atomic E-state index is 5.84. The standard InChI is InChI=1S/C24H34N4O2/c1-20(18-30-19-21-8-4-3-5-9-21)16-26-24(25-2)27-17-22-10-6-7-11-23(22)28-12-14-29-15-13-28/h3-11,20H,12-19H2,1-2H3,(H2,25,26,27). The van der Waals surface area contributed by atoms with Crippen LogP contribution in [0.5, 0.6) is 0 Å². The summed E-state index contributed by atoms with van der Waals surface area (Å²) in [5.41, 5.74) is 3.74. The number of benzene rings is 2. The zero-order valence-electron chi connectivity index (χ0n) is 18.1.